The lowest BCUT2D eigenvalue weighted by Crippen LogP contribution is -2.37. The van der Waals surface area contributed by atoms with E-state index in [9.17, 15) is 9.59 Å². The van der Waals surface area contributed by atoms with E-state index in [1.807, 2.05) is 0 Å². The van der Waals surface area contributed by atoms with Crippen molar-refractivity contribution < 1.29 is 24.2 Å². The average Bonchev–Trinajstić information content (AvgIpc) is 2.38. The van der Waals surface area contributed by atoms with Crippen LogP contribution in [-0.4, -0.2) is 43.3 Å². The number of hydrogen-bond donors (Lipinski definition) is 3. The normalized spacial score (nSPS) is 11.7. The molecule has 0 aliphatic heterocycles. The second kappa shape index (κ2) is 8.13. The van der Waals surface area contributed by atoms with Gasteiger partial charge in [-0.05, 0) is 12.1 Å². The molecule has 0 aliphatic rings. The number of nitrogens with one attached hydrogen (secondary N) is 1. The van der Waals surface area contributed by atoms with Gasteiger partial charge in [0.2, 0.25) is 5.91 Å². The van der Waals surface area contributed by atoms with E-state index in [1.54, 1.807) is 31.4 Å². The molecule has 0 aromatic heterocycles. The Morgan fingerprint density at radius 2 is 2.15 bits per heavy atom. The van der Waals surface area contributed by atoms with Crippen LogP contribution in [-0.2, 0) is 14.3 Å². The first kappa shape index (κ1) is 15.9. The number of carboxylic acids is 1. The highest BCUT2D eigenvalue weighted by Gasteiger charge is 2.17. The second-order valence-electron chi connectivity index (χ2n) is 4.06. The van der Waals surface area contributed by atoms with Gasteiger partial charge in [-0.1, -0.05) is 6.07 Å². The lowest BCUT2D eigenvalue weighted by molar-refractivity contribution is -0.138. The summed E-state index contributed by atoms with van der Waals surface area (Å²) in [7, 11) is 1.57. The first-order chi connectivity index (χ1) is 9.52. The van der Waals surface area contributed by atoms with Gasteiger partial charge in [0.15, 0.2) is 0 Å². The Bertz CT molecular complexity index is 464. The van der Waals surface area contributed by atoms with E-state index in [1.165, 1.54) is 0 Å². The molecule has 1 rings (SSSR count). The number of aliphatic carboxylic acids is 1. The van der Waals surface area contributed by atoms with Crippen molar-refractivity contribution in [1.82, 2.24) is 0 Å². The molecule has 4 N–H and O–H groups in total. The van der Waals surface area contributed by atoms with E-state index in [0.29, 0.717) is 24.7 Å². The number of benzene rings is 1. The van der Waals surface area contributed by atoms with E-state index in [2.05, 4.69) is 5.32 Å². The summed E-state index contributed by atoms with van der Waals surface area (Å²) in [5.41, 5.74) is 5.95. The third-order valence-corrected chi connectivity index (χ3v) is 2.39. The Hall–Kier alpha value is -2.12. The monoisotopic (exact) mass is 282 g/mol. The Morgan fingerprint density at radius 1 is 1.40 bits per heavy atom. The molecule has 110 valence electrons. The van der Waals surface area contributed by atoms with Crippen molar-refractivity contribution in [3.05, 3.63) is 24.3 Å². The van der Waals surface area contributed by atoms with Crippen molar-refractivity contribution in [1.29, 1.82) is 0 Å². The van der Waals surface area contributed by atoms with Crippen molar-refractivity contribution in [2.45, 2.75) is 12.5 Å². The van der Waals surface area contributed by atoms with Crippen LogP contribution < -0.4 is 15.8 Å². The molecule has 0 saturated heterocycles. The molecule has 0 spiro atoms. The summed E-state index contributed by atoms with van der Waals surface area (Å²) in [6.45, 7) is 0.854. The molecule has 1 aromatic rings. The maximum atomic E-state index is 11.7. The Balaban J connectivity index is 2.56. The summed E-state index contributed by atoms with van der Waals surface area (Å²) in [4.78, 5) is 22.1. The zero-order valence-corrected chi connectivity index (χ0v) is 11.2. The van der Waals surface area contributed by atoms with Crippen LogP contribution in [0.3, 0.4) is 0 Å². The molecule has 0 heterocycles. The number of carbonyl (C=O) groups excluding carboxylic acids is 1. The maximum absolute atomic E-state index is 11.7. The molecule has 7 nitrogen and oxygen atoms in total. The Labute approximate surface area is 116 Å². The number of methoxy groups -OCH3 is 1. The second-order valence-corrected chi connectivity index (χ2v) is 4.06. The van der Waals surface area contributed by atoms with E-state index in [-0.39, 0.29) is 0 Å². The van der Waals surface area contributed by atoms with Gasteiger partial charge in [0.25, 0.3) is 0 Å². The van der Waals surface area contributed by atoms with Gasteiger partial charge in [-0.3, -0.25) is 9.59 Å². The lowest BCUT2D eigenvalue weighted by atomic mass is 10.2. The smallest absolute Gasteiger partial charge is 0.305 e. The van der Waals surface area contributed by atoms with E-state index >= 15 is 0 Å². The summed E-state index contributed by atoms with van der Waals surface area (Å²) < 4.78 is 10.3. The molecule has 1 amide bonds. The minimum atomic E-state index is -1.12. The largest absolute Gasteiger partial charge is 0.491 e. The molecule has 0 radical (unpaired) electrons. The lowest BCUT2D eigenvalue weighted by Gasteiger charge is -2.11. The van der Waals surface area contributed by atoms with Crippen molar-refractivity contribution in [2.24, 2.45) is 5.73 Å². The van der Waals surface area contributed by atoms with Gasteiger partial charge in [0.1, 0.15) is 12.4 Å². The molecular weight excluding hydrogens is 264 g/mol. The molecule has 1 unspecified atom stereocenters. The molecule has 7 heteroatoms. The number of amides is 1. The number of anilines is 1. The van der Waals surface area contributed by atoms with Gasteiger partial charge in [0, 0.05) is 18.9 Å². The molecular formula is C13H18N2O5. The summed E-state index contributed by atoms with van der Waals surface area (Å²) in [6, 6.07) is 5.64. The predicted molar refractivity (Wildman–Crippen MR) is 72.7 cm³/mol. The van der Waals surface area contributed by atoms with Gasteiger partial charge >= 0.3 is 5.97 Å². The molecule has 0 aliphatic carbocycles. The average molecular weight is 282 g/mol. The first-order valence-electron chi connectivity index (χ1n) is 6.03. The van der Waals surface area contributed by atoms with Gasteiger partial charge < -0.3 is 25.6 Å². The highest BCUT2D eigenvalue weighted by atomic mass is 16.5. The first-order valence-corrected chi connectivity index (χ1v) is 6.03. The summed E-state index contributed by atoms with van der Waals surface area (Å²) in [5, 5.41) is 11.1. The van der Waals surface area contributed by atoms with Crippen molar-refractivity contribution >= 4 is 17.6 Å². The van der Waals surface area contributed by atoms with Gasteiger partial charge in [-0.2, -0.15) is 0 Å². The third-order valence-electron chi connectivity index (χ3n) is 2.39. The SMILES string of the molecule is COCCOc1cccc(NC(=O)C(N)CC(=O)O)c1. The molecule has 0 bridgehead atoms. The zero-order valence-electron chi connectivity index (χ0n) is 11.2. The number of hydrogen-bond acceptors (Lipinski definition) is 5. The zero-order chi connectivity index (χ0) is 15.0. The van der Waals surface area contributed by atoms with Crippen molar-refractivity contribution in [3.63, 3.8) is 0 Å². The Morgan fingerprint density at radius 3 is 2.80 bits per heavy atom. The maximum Gasteiger partial charge on any atom is 0.305 e. The molecule has 1 atom stereocenters. The minimum Gasteiger partial charge on any atom is -0.491 e. The molecule has 0 saturated carbocycles. The van der Waals surface area contributed by atoms with Crippen LogP contribution in [0.2, 0.25) is 0 Å². The van der Waals surface area contributed by atoms with E-state index in [4.69, 9.17) is 20.3 Å². The van der Waals surface area contributed by atoms with Crippen LogP contribution in [0.1, 0.15) is 6.42 Å². The van der Waals surface area contributed by atoms with E-state index < -0.39 is 24.3 Å². The third kappa shape index (κ3) is 5.68. The summed E-state index contributed by atoms with van der Waals surface area (Å²) in [6.07, 6.45) is -0.421. The number of nitrogens with two attached hydrogens (primary N) is 1. The van der Waals surface area contributed by atoms with Crippen molar-refractivity contribution in [3.8, 4) is 5.75 Å². The van der Waals surface area contributed by atoms with Crippen LogP contribution in [0.4, 0.5) is 5.69 Å². The van der Waals surface area contributed by atoms with Crippen LogP contribution in [0, 0.1) is 0 Å². The molecule has 1 aromatic carbocycles. The van der Waals surface area contributed by atoms with Crippen LogP contribution in [0.25, 0.3) is 0 Å². The van der Waals surface area contributed by atoms with Gasteiger partial charge in [-0.15, -0.1) is 0 Å². The fourth-order valence-corrected chi connectivity index (χ4v) is 1.42. The number of carbonyl (C=O) groups is 2. The number of carboxylic acid groups (broad SMARTS) is 1. The quantitative estimate of drug-likeness (QED) is 0.597. The minimum absolute atomic E-state index is 0.395. The number of rotatable bonds is 8. The van der Waals surface area contributed by atoms with Crippen LogP contribution >= 0.6 is 0 Å². The van der Waals surface area contributed by atoms with E-state index in [0.717, 1.165) is 0 Å². The van der Waals surface area contributed by atoms with Gasteiger partial charge in [0.05, 0.1) is 19.1 Å². The fourth-order valence-electron chi connectivity index (χ4n) is 1.42. The summed E-state index contributed by atoms with van der Waals surface area (Å²) in [5.74, 6) is -1.10. The topological polar surface area (TPSA) is 111 Å². The summed E-state index contributed by atoms with van der Waals surface area (Å²) >= 11 is 0. The highest BCUT2D eigenvalue weighted by molar-refractivity contribution is 5.96. The fraction of sp³-hybridized carbons (Fsp3) is 0.385. The molecule has 20 heavy (non-hydrogen) atoms. The van der Waals surface area contributed by atoms with Crippen LogP contribution in [0.15, 0.2) is 24.3 Å². The van der Waals surface area contributed by atoms with Gasteiger partial charge in [-0.25, -0.2) is 0 Å². The standard InChI is InChI=1S/C13H18N2O5/c1-19-5-6-20-10-4-2-3-9(7-10)15-13(18)11(14)8-12(16)17/h2-4,7,11H,5-6,8,14H2,1H3,(H,15,18)(H,16,17). The van der Waals surface area contributed by atoms with Crippen molar-refractivity contribution in [2.75, 3.05) is 25.6 Å². The predicted octanol–water partition coefficient (Wildman–Crippen LogP) is 0.452. The number of ether oxygens (including phenoxy) is 2. The molecule has 0 fully saturated rings. The van der Waals surface area contributed by atoms with Crippen LogP contribution in [0.5, 0.6) is 5.75 Å². The highest BCUT2D eigenvalue weighted by Crippen LogP contribution is 2.17. The Kier molecular flexibility index (Phi) is 6.48.